The van der Waals surface area contributed by atoms with Gasteiger partial charge in [-0.05, 0) is 36.8 Å². The van der Waals surface area contributed by atoms with Crippen LogP contribution in [0, 0.1) is 10.1 Å². The van der Waals surface area contributed by atoms with Crippen molar-refractivity contribution >= 4 is 11.6 Å². The number of nitrogens with zero attached hydrogens (tertiary/aromatic N) is 1. The van der Waals surface area contributed by atoms with E-state index >= 15 is 0 Å². The molecular formula is C17H16F2N2O5. The highest BCUT2D eigenvalue weighted by Gasteiger charge is 2.19. The van der Waals surface area contributed by atoms with Crippen LogP contribution in [0.25, 0.3) is 0 Å². The van der Waals surface area contributed by atoms with E-state index in [1.165, 1.54) is 31.4 Å². The zero-order chi connectivity index (χ0) is 19.3. The molecule has 0 heterocycles. The number of hydrogen-bond donors (Lipinski definition) is 1. The van der Waals surface area contributed by atoms with Crippen LogP contribution >= 0.6 is 0 Å². The van der Waals surface area contributed by atoms with Gasteiger partial charge in [-0.15, -0.1) is 0 Å². The molecule has 1 atom stereocenters. The van der Waals surface area contributed by atoms with Gasteiger partial charge in [0.05, 0.1) is 18.1 Å². The molecule has 0 aliphatic heterocycles. The molecule has 0 aromatic heterocycles. The Bertz CT molecular complexity index is 796. The number of amides is 1. The summed E-state index contributed by atoms with van der Waals surface area (Å²) in [5.74, 6) is -0.460. The molecule has 0 spiro atoms. The predicted octanol–water partition coefficient (Wildman–Crippen LogP) is 3.70. The first-order chi connectivity index (χ1) is 12.3. The van der Waals surface area contributed by atoms with Crippen molar-refractivity contribution in [1.82, 2.24) is 5.32 Å². The third-order valence-corrected chi connectivity index (χ3v) is 3.59. The SMILES string of the molecule is COc1ccc(C(=O)N[C@@H](C)c2ccc(OC(F)F)cc2)cc1[N+](=O)[O-]. The van der Waals surface area contributed by atoms with Crippen molar-refractivity contribution in [3.63, 3.8) is 0 Å². The highest BCUT2D eigenvalue weighted by atomic mass is 19.3. The zero-order valence-corrected chi connectivity index (χ0v) is 13.9. The fourth-order valence-electron chi connectivity index (χ4n) is 2.28. The first kappa shape index (κ1) is 19.1. The Hall–Kier alpha value is -3.23. The highest BCUT2D eigenvalue weighted by molar-refractivity contribution is 5.95. The van der Waals surface area contributed by atoms with Crippen LogP contribution in [0.1, 0.15) is 28.9 Å². The molecule has 138 valence electrons. The largest absolute Gasteiger partial charge is 0.490 e. The quantitative estimate of drug-likeness (QED) is 0.596. The number of carbonyl (C=O) groups is 1. The topological polar surface area (TPSA) is 90.7 Å². The maximum Gasteiger partial charge on any atom is 0.387 e. The number of methoxy groups -OCH3 is 1. The molecule has 0 aliphatic rings. The Kier molecular flexibility index (Phi) is 6.05. The van der Waals surface area contributed by atoms with Crippen LogP contribution in [0.15, 0.2) is 42.5 Å². The number of rotatable bonds is 7. The third kappa shape index (κ3) is 4.65. The Labute approximate surface area is 147 Å². The van der Waals surface area contributed by atoms with Crippen LogP contribution in [0.4, 0.5) is 14.5 Å². The second kappa shape index (κ2) is 8.24. The summed E-state index contributed by atoms with van der Waals surface area (Å²) in [6, 6.07) is 9.23. The Morgan fingerprint density at radius 2 is 1.85 bits per heavy atom. The minimum atomic E-state index is -2.91. The molecule has 9 heteroatoms. The molecule has 0 saturated heterocycles. The van der Waals surface area contributed by atoms with Crippen LogP contribution < -0.4 is 14.8 Å². The minimum absolute atomic E-state index is 0.00746. The first-order valence-electron chi connectivity index (χ1n) is 7.50. The fraction of sp³-hybridized carbons (Fsp3) is 0.235. The van der Waals surface area contributed by atoms with E-state index in [1.807, 2.05) is 0 Å². The van der Waals surface area contributed by atoms with Gasteiger partial charge in [-0.2, -0.15) is 8.78 Å². The van der Waals surface area contributed by atoms with Crippen molar-refractivity contribution in [2.24, 2.45) is 0 Å². The maximum atomic E-state index is 12.3. The van der Waals surface area contributed by atoms with E-state index in [2.05, 4.69) is 10.1 Å². The lowest BCUT2D eigenvalue weighted by atomic mass is 10.1. The van der Waals surface area contributed by atoms with Crippen molar-refractivity contribution < 1.29 is 28.0 Å². The number of hydrogen-bond acceptors (Lipinski definition) is 5. The number of carbonyl (C=O) groups excluding carboxylic acids is 1. The Morgan fingerprint density at radius 1 is 1.19 bits per heavy atom. The van der Waals surface area contributed by atoms with Gasteiger partial charge in [0.25, 0.3) is 5.91 Å². The standard InChI is InChI=1S/C17H16F2N2O5/c1-10(11-3-6-13(7-4-11)26-17(18)19)20-16(22)12-5-8-15(25-2)14(9-12)21(23)24/h3-10,17H,1-2H3,(H,20,22)/t10-/m0/s1. The molecule has 2 aromatic carbocycles. The second-order valence-electron chi connectivity index (χ2n) is 5.29. The third-order valence-electron chi connectivity index (χ3n) is 3.59. The molecule has 0 radical (unpaired) electrons. The van der Waals surface area contributed by atoms with Crippen molar-refractivity contribution in [2.75, 3.05) is 7.11 Å². The Balaban J connectivity index is 2.11. The van der Waals surface area contributed by atoms with Gasteiger partial charge in [0, 0.05) is 11.6 Å². The van der Waals surface area contributed by atoms with Crippen LogP contribution in [0.2, 0.25) is 0 Å². The average Bonchev–Trinajstić information content (AvgIpc) is 2.61. The van der Waals surface area contributed by atoms with Crippen molar-refractivity contribution in [3.05, 3.63) is 63.7 Å². The molecule has 0 saturated carbocycles. The van der Waals surface area contributed by atoms with Gasteiger partial charge in [0.2, 0.25) is 0 Å². The van der Waals surface area contributed by atoms with Crippen LogP contribution in [0.5, 0.6) is 11.5 Å². The van der Waals surface area contributed by atoms with Crippen LogP contribution in [0.3, 0.4) is 0 Å². The van der Waals surface area contributed by atoms with Crippen molar-refractivity contribution in [1.29, 1.82) is 0 Å². The molecule has 0 unspecified atom stereocenters. The fourth-order valence-corrected chi connectivity index (χ4v) is 2.28. The van der Waals surface area contributed by atoms with Gasteiger partial charge >= 0.3 is 12.3 Å². The average molecular weight is 366 g/mol. The van der Waals surface area contributed by atoms with Gasteiger partial charge in [-0.25, -0.2) is 0 Å². The predicted molar refractivity (Wildman–Crippen MR) is 88.6 cm³/mol. The molecule has 7 nitrogen and oxygen atoms in total. The van der Waals surface area contributed by atoms with Gasteiger partial charge in [0.15, 0.2) is 5.75 Å². The summed E-state index contributed by atoms with van der Waals surface area (Å²) in [7, 11) is 1.30. The number of halogens is 2. The van der Waals surface area contributed by atoms with E-state index in [4.69, 9.17) is 4.74 Å². The van der Waals surface area contributed by atoms with Gasteiger partial charge in [-0.1, -0.05) is 12.1 Å². The van der Waals surface area contributed by atoms with E-state index in [1.54, 1.807) is 19.1 Å². The highest BCUT2D eigenvalue weighted by Crippen LogP contribution is 2.28. The summed E-state index contributed by atoms with van der Waals surface area (Å²) >= 11 is 0. The van der Waals surface area contributed by atoms with Gasteiger partial charge in [0.1, 0.15) is 5.75 Å². The number of nitrogens with one attached hydrogen (secondary N) is 1. The summed E-state index contributed by atoms with van der Waals surface area (Å²) in [5.41, 5.74) is 0.436. The van der Waals surface area contributed by atoms with Crippen molar-refractivity contribution in [2.45, 2.75) is 19.6 Å². The lowest BCUT2D eigenvalue weighted by molar-refractivity contribution is -0.385. The maximum absolute atomic E-state index is 12.3. The minimum Gasteiger partial charge on any atom is -0.490 e. The van der Waals surface area contributed by atoms with E-state index in [-0.39, 0.29) is 22.7 Å². The molecule has 0 bridgehead atoms. The summed E-state index contributed by atoms with van der Waals surface area (Å²) in [5, 5.41) is 13.7. The second-order valence-corrected chi connectivity index (χ2v) is 5.29. The molecule has 2 aromatic rings. The molecule has 0 aliphatic carbocycles. The Morgan fingerprint density at radius 3 is 2.38 bits per heavy atom. The van der Waals surface area contributed by atoms with E-state index in [0.717, 1.165) is 6.07 Å². The summed E-state index contributed by atoms with van der Waals surface area (Å²) in [6.45, 7) is -1.22. The number of nitro benzene ring substituents is 1. The molecule has 1 amide bonds. The first-order valence-corrected chi connectivity index (χ1v) is 7.50. The number of ether oxygens (including phenoxy) is 2. The molecule has 2 rings (SSSR count). The van der Waals surface area contributed by atoms with Crippen LogP contribution in [-0.2, 0) is 0 Å². The van der Waals surface area contributed by atoms with E-state index in [9.17, 15) is 23.7 Å². The number of alkyl halides is 2. The molecule has 26 heavy (non-hydrogen) atoms. The van der Waals surface area contributed by atoms with Gasteiger partial charge in [-0.3, -0.25) is 14.9 Å². The number of nitro groups is 1. The lowest BCUT2D eigenvalue weighted by Gasteiger charge is -2.15. The lowest BCUT2D eigenvalue weighted by Crippen LogP contribution is -2.26. The van der Waals surface area contributed by atoms with Crippen molar-refractivity contribution in [3.8, 4) is 11.5 Å². The molecular weight excluding hydrogens is 350 g/mol. The van der Waals surface area contributed by atoms with Crippen LogP contribution in [-0.4, -0.2) is 24.6 Å². The summed E-state index contributed by atoms with van der Waals surface area (Å²) in [4.78, 5) is 22.7. The monoisotopic (exact) mass is 366 g/mol. The van der Waals surface area contributed by atoms with Gasteiger partial charge < -0.3 is 14.8 Å². The molecule has 1 N–H and O–H groups in total. The molecule has 0 fully saturated rings. The van der Waals surface area contributed by atoms with E-state index < -0.39 is 23.5 Å². The van der Waals surface area contributed by atoms with E-state index in [0.29, 0.717) is 5.56 Å². The number of benzene rings is 2. The summed E-state index contributed by atoms with van der Waals surface area (Å²) < 4.78 is 33.4. The zero-order valence-electron chi connectivity index (χ0n) is 13.9. The summed E-state index contributed by atoms with van der Waals surface area (Å²) in [6.07, 6.45) is 0. The normalized spacial score (nSPS) is 11.7. The smallest absolute Gasteiger partial charge is 0.387 e.